The summed E-state index contributed by atoms with van der Waals surface area (Å²) in [6.07, 6.45) is 1.79. The Morgan fingerprint density at radius 3 is 2.52 bits per heavy atom. The Hall–Kier alpha value is -2.92. The van der Waals surface area contributed by atoms with Crippen molar-refractivity contribution in [1.29, 1.82) is 0 Å². The number of nitrogens with zero attached hydrogens (tertiary/aromatic N) is 1. The second kappa shape index (κ2) is 7.77. The average Bonchev–Trinajstić information content (AvgIpc) is 2.59. The van der Waals surface area contributed by atoms with Crippen molar-refractivity contribution in [1.82, 2.24) is 4.98 Å². The van der Waals surface area contributed by atoms with Crippen LogP contribution >= 0.6 is 11.6 Å². The van der Waals surface area contributed by atoms with E-state index in [0.717, 1.165) is 5.56 Å². The van der Waals surface area contributed by atoms with Gasteiger partial charge in [0.15, 0.2) is 0 Å². The normalized spacial score (nSPS) is 10.3. The molecule has 0 fully saturated rings. The first-order chi connectivity index (χ1) is 12.1. The van der Waals surface area contributed by atoms with Gasteiger partial charge in [-0.2, -0.15) is 0 Å². The second-order valence-corrected chi connectivity index (χ2v) is 5.86. The highest BCUT2D eigenvalue weighted by atomic mass is 35.5. The van der Waals surface area contributed by atoms with Crippen LogP contribution in [0.3, 0.4) is 0 Å². The lowest BCUT2D eigenvalue weighted by molar-refractivity contribution is -0.115. The molecule has 0 atom stereocenters. The van der Waals surface area contributed by atoms with Crippen molar-refractivity contribution in [2.24, 2.45) is 0 Å². The molecule has 0 bridgehead atoms. The summed E-state index contributed by atoms with van der Waals surface area (Å²) in [7, 11) is 0. The molecule has 0 saturated carbocycles. The van der Waals surface area contributed by atoms with Crippen LogP contribution < -0.4 is 10.6 Å². The topological polar surface area (TPSA) is 54.0 Å². The molecule has 1 heterocycles. The highest BCUT2D eigenvalue weighted by molar-refractivity contribution is 6.30. The van der Waals surface area contributed by atoms with Gasteiger partial charge in [0, 0.05) is 10.7 Å². The maximum absolute atomic E-state index is 13.2. The van der Waals surface area contributed by atoms with E-state index in [1.807, 2.05) is 12.1 Å². The number of amides is 1. The number of halogens is 2. The Morgan fingerprint density at radius 2 is 1.84 bits per heavy atom. The van der Waals surface area contributed by atoms with Crippen molar-refractivity contribution >= 4 is 34.7 Å². The largest absolute Gasteiger partial charge is 0.340 e. The molecule has 0 spiro atoms. The van der Waals surface area contributed by atoms with Crippen molar-refractivity contribution < 1.29 is 9.18 Å². The van der Waals surface area contributed by atoms with Crippen LogP contribution in [0.4, 0.5) is 21.6 Å². The van der Waals surface area contributed by atoms with Crippen molar-refractivity contribution in [3.05, 3.63) is 83.3 Å². The molecule has 3 rings (SSSR count). The summed E-state index contributed by atoms with van der Waals surface area (Å²) in [6, 6.07) is 16.7. The first-order valence-electron chi connectivity index (χ1n) is 7.61. The summed E-state index contributed by atoms with van der Waals surface area (Å²) in [5, 5.41) is 6.41. The Bertz CT molecular complexity index is 867. The number of aromatic nitrogens is 1. The molecule has 1 amide bonds. The van der Waals surface area contributed by atoms with E-state index in [1.165, 1.54) is 12.1 Å². The minimum absolute atomic E-state index is 0.144. The van der Waals surface area contributed by atoms with Gasteiger partial charge in [0.05, 0.1) is 18.3 Å². The molecule has 25 heavy (non-hydrogen) atoms. The highest BCUT2D eigenvalue weighted by Crippen LogP contribution is 2.17. The van der Waals surface area contributed by atoms with Crippen LogP contribution in [0.25, 0.3) is 0 Å². The maximum Gasteiger partial charge on any atom is 0.228 e. The van der Waals surface area contributed by atoms with Crippen LogP contribution in [-0.4, -0.2) is 10.9 Å². The van der Waals surface area contributed by atoms with Crippen molar-refractivity contribution in [3.8, 4) is 0 Å². The van der Waals surface area contributed by atoms with Gasteiger partial charge < -0.3 is 10.6 Å². The Kier molecular flexibility index (Phi) is 5.26. The number of hydrogen-bond acceptors (Lipinski definition) is 3. The number of rotatable bonds is 5. The van der Waals surface area contributed by atoms with Gasteiger partial charge in [-0.3, -0.25) is 4.79 Å². The molecule has 6 heteroatoms. The van der Waals surface area contributed by atoms with E-state index in [9.17, 15) is 9.18 Å². The quantitative estimate of drug-likeness (QED) is 0.691. The van der Waals surface area contributed by atoms with Crippen LogP contribution in [0.15, 0.2) is 66.9 Å². The van der Waals surface area contributed by atoms with E-state index >= 15 is 0 Å². The van der Waals surface area contributed by atoms with Crippen LogP contribution in [0.2, 0.25) is 5.02 Å². The van der Waals surface area contributed by atoms with Gasteiger partial charge in [-0.1, -0.05) is 29.8 Å². The molecule has 0 saturated heterocycles. The van der Waals surface area contributed by atoms with Crippen molar-refractivity contribution in [2.75, 3.05) is 10.6 Å². The number of carbonyl (C=O) groups excluding carboxylic acids is 1. The molecule has 0 radical (unpaired) electrons. The zero-order chi connectivity index (χ0) is 17.6. The fraction of sp³-hybridized carbons (Fsp3) is 0.0526. The maximum atomic E-state index is 13.2. The molecule has 0 aliphatic rings. The molecule has 0 aliphatic heterocycles. The fourth-order valence-corrected chi connectivity index (χ4v) is 2.37. The van der Waals surface area contributed by atoms with Crippen molar-refractivity contribution in [3.63, 3.8) is 0 Å². The van der Waals surface area contributed by atoms with Gasteiger partial charge in [-0.25, -0.2) is 9.37 Å². The lowest BCUT2D eigenvalue weighted by atomic mass is 10.1. The minimum atomic E-state index is -0.323. The summed E-state index contributed by atoms with van der Waals surface area (Å²) in [5.41, 5.74) is 2.06. The van der Waals surface area contributed by atoms with Gasteiger partial charge in [0.2, 0.25) is 5.91 Å². The van der Waals surface area contributed by atoms with Gasteiger partial charge in [-0.15, -0.1) is 0 Å². The standard InChI is InChI=1S/C19H15ClFN3O/c20-14-6-4-13(5-7-14)10-19(25)24-17-8-9-18(22-12-17)23-16-3-1-2-15(21)11-16/h1-9,11-12H,10H2,(H,22,23)(H,24,25). The molecule has 126 valence electrons. The van der Waals surface area contributed by atoms with Gasteiger partial charge in [0.1, 0.15) is 11.6 Å². The van der Waals surface area contributed by atoms with E-state index in [-0.39, 0.29) is 18.1 Å². The summed E-state index contributed by atoms with van der Waals surface area (Å²) in [4.78, 5) is 16.3. The van der Waals surface area contributed by atoms with Gasteiger partial charge in [-0.05, 0) is 48.0 Å². The molecule has 4 nitrogen and oxygen atoms in total. The first kappa shape index (κ1) is 16.9. The third-order valence-corrected chi connectivity index (χ3v) is 3.67. The molecular formula is C19H15ClFN3O. The average molecular weight is 356 g/mol. The fourth-order valence-electron chi connectivity index (χ4n) is 2.25. The van der Waals surface area contributed by atoms with E-state index in [2.05, 4.69) is 15.6 Å². The Labute approximate surface area is 149 Å². The third kappa shape index (κ3) is 5.02. The summed E-state index contributed by atoms with van der Waals surface area (Å²) in [6.45, 7) is 0. The third-order valence-electron chi connectivity index (χ3n) is 3.42. The predicted octanol–water partition coefficient (Wildman–Crippen LogP) is 4.80. The molecule has 2 N–H and O–H groups in total. The zero-order valence-corrected chi connectivity index (χ0v) is 13.9. The summed E-state index contributed by atoms with van der Waals surface area (Å²) in [5.74, 6) is 0.0901. The lowest BCUT2D eigenvalue weighted by Gasteiger charge is -2.08. The summed E-state index contributed by atoms with van der Waals surface area (Å²) >= 11 is 5.82. The molecule has 0 aliphatic carbocycles. The first-order valence-corrected chi connectivity index (χ1v) is 7.99. The minimum Gasteiger partial charge on any atom is -0.340 e. The van der Waals surface area contributed by atoms with Crippen LogP contribution in [-0.2, 0) is 11.2 Å². The highest BCUT2D eigenvalue weighted by Gasteiger charge is 2.05. The molecule has 3 aromatic rings. The number of anilines is 3. The number of carbonyl (C=O) groups is 1. The Morgan fingerprint density at radius 1 is 1.04 bits per heavy atom. The van der Waals surface area contributed by atoms with Crippen LogP contribution in [0, 0.1) is 5.82 Å². The zero-order valence-electron chi connectivity index (χ0n) is 13.2. The van der Waals surface area contributed by atoms with E-state index in [1.54, 1.807) is 42.6 Å². The number of nitrogens with one attached hydrogen (secondary N) is 2. The Balaban J connectivity index is 1.58. The van der Waals surface area contributed by atoms with Crippen molar-refractivity contribution in [2.45, 2.75) is 6.42 Å². The number of hydrogen-bond donors (Lipinski definition) is 2. The lowest BCUT2D eigenvalue weighted by Crippen LogP contribution is -2.14. The van der Waals surface area contributed by atoms with Crippen LogP contribution in [0.1, 0.15) is 5.56 Å². The van der Waals surface area contributed by atoms with Gasteiger partial charge in [0.25, 0.3) is 0 Å². The molecule has 0 unspecified atom stereocenters. The predicted molar refractivity (Wildman–Crippen MR) is 97.7 cm³/mol. The van der Waals surface area contributed by atoms with E-state index in [0.29, 0.717) is 22.2 Å². The molecular weight excluding hydrogens is 341 g/mol. The smallest absolute Gasteiger partial charge is 0.228 e. The molecule has 2 aromatic carbocycles. The monoisotopic (exact) mass is 355 g/mol. The molecule has 1 aromatic heterocycles. The number of pyridine rings is 1. The second-order valence-electron chi connectivity index (χ2n) is 5.42. The summed E-state index contributed by atoms with van der Waals surface area (Å²) < 4.78 is 13.2. The van der Waals surface area contributed by atoms with E-state index in [4.69, 9.17) is 11.6 Å². The van der Waals surface area contributed by atoms with Gasteiger partial charge >= 0.3 is 0 Å². The number of benzene rings is 2. The SMILES string of the molecule is O=C(Cc1ccc(Cl)cc1)Nc1ccc(Nc2cccc(F)c2)nc1. The van der Waals surface area contributed by atoms with Crippen LogP contribution in [0.5, 0.6) is 0 Å². The van der Waals surface area contributed by atoms with E-state index < -0.39 is 0 Å².